The Labute approximate surface area is 115 Å². The Morgan fingerprint density at radius 2 is 1.90 bits per heavy atom. The molecule has 1 aliphatic rings. The Balaban J connectivity index is 2.06. The van der Waals surface area contributed by atoms with Crippen LogP contribution < -0.4 is 11.2 Å². The fraction of sp³-hybridized carbons (Fsp3) is 0.267. The summed E-state index contributed by atoms with van der Waals surface area (Å²) in [5.74, 6) is -0.476. The molecule has 1 aliphatic carbocycles. The van der Waals surface area contributed by atoms with Gasteiger partial charge in [0.2, 0.25) is 0 Å². The molecule has 1 atom stereocenters. The molecule has 0 fully saturated rings. The van der Waals surface area contributed by atoms with E-state index >= 15 is 0 Å². The Kier molecular flexibility index (Phi) is 2.71. The van der Waals surface area contributed by atoms with E-state index in [1.165, 1.54) is 24.9 Å². The number of ketones is 1. The summed E-state index contributed by atoms with van der Waals surface area (Å²) >= 11 is 0. The van der Waals surface area contributed by atoms with Crippen molar-refractivity contribution in [3.63, 3.8) is 0 Å². The van der Waals surface area contributed by atoms with Crippen LogP contribution in [-0.2, 0) is 20.5 Å². The van der Waals surface area contributed by atoms with Crippen molar-refractivity contribution >= 4 is 5.78 Å². The highest BCUT2D eigenvalue weighted by Gasteiger charge is 2.33. The van der Waals surface area contributed by atoms with Crippen LogP contribution in [0.25, 0.3) is 0 Å². The number of aromatic nitrogens is 2. The van der Waals surface area contributed by atoms with Crippen molar-refractivity contribution in [1.29, 1.82) is 0 Å². The number of hydrogen-bond donors (Lipinski definition) is 0. The van der Waals surface area contributed by atoms with Gasteiger partial charge in [-0.15, -0.1) is 0 Å². The van der Waals surface area contributed by atoms with E-state index in [4.69, 9.17) is 0 Å². The first-order chi connectivity index (χ1) is 9.50. The quantitative estimate of drug-likeness (QED) is 0.751. The van der Waals surface area contributed by atoms with Gasteiger partial charge < -0.3 is 4.57 Å². The van der Waals surface area contributed by atoms with Gasteiger partial charge >= 0.3 is 5.69 Å². The molecule has 0 N–H and O–H groups in total. The second kappa shape index (κ2) is 4.30. The number of fused-ring (bicyclic) bond motifs is 1. The van der Waals surface area contributed by atoms with E-state index in [1.807, 2.05) is 24.3 Å². The smallest absolute Gasteiger partial charge is 0.303 e. The first-order valence-corrected chi connectivity index (χ1v) is 6.39. The van der Waals surface area contributed by atoms with Crippen LogP contribution in [0.2, 0.25) is 0 Å². The summed E-state index contributed by atoms with van der Waals surface area (Å²) in [5.41, 5.74) is 1.25. The average molecular weight is 270 g/mol. The van der Waals surface area contributed by atoms with E-state index in [1.54, 1.807) is 0 Å². The van der Waals surface area contributed by atoms with Crippen molar-refractivity contribution in [1.82, 2.24) is 9.13 Å². The molecule has 0 aliphatic heterocycles. The molecule has 5 heteroatoms. The third-order valence-electron chi connectivity index (χ3n) is 3.88. The van der Waals surface area contributed by atoms with E-state index in [0.717, 1.165) is 15.7 Å². The highest BCUT2D eigenvalue weighted by Crippen LogP contribution is 2.36. The van der Waals surface area contributed by atoms with E-state index in [-0.39, 0.29) is 17.3 Å². The molecule has 20 heavy (non-hydrogen) atoms. The minimum atomic E-state index is -0.525. The van der Waals surface area contributed by atoms with Gasteiger partial charge in [-0.25, -0.2) is 4.79 Å². The van der Waals surface area contributed by atoms with Crippen molar-refractivity contribution in [2.75, 3.05) is 0 Å². The number of rotatable bonds is 2. The largest absolute Gasteiger partial charge is 0.330 e. The molecule has 0 radical (unpaired) electrons. The van der Waals surface area contributed by atoms with Crippen LogP contribution in [0, 0.1) is 0 Å². The highest BCUT2D eigenvalue weighted by atomic mass is 16.2. The SMILES string of the molecule is Cn1cc(C(=O)C2Cc3ccccc32)c(=O)n(C)c1=O. The van der Waals surface area contributed by atoms with Crippen LogP contribution in [0.3, 0.4) is 0 Å². The zero-order valence-corrected chi connectivity index (χ0v) is 11.3. The van der Waals surface area contributed by atoms with Crippen LogP contribution in [0.1, 0.15) is 27.4 Å². The second-order valence-corrected chi connectivity index (χ2v) is 5.12. The molecular weight excluding hydrogens is 256 g/mol. The molecule has 1 aromatic heterocycles. The van der Waals surface area contributed by atoms with E-state index < -0.39 is 11.2 Å². The third kappa shape index (κ3) is 1.66. The van der Waals surface area contributed by atoms with Gasteiger partial charge in [0.25, 0.3) is 5.56 Å². The van der Waals surface area contributed by atoms with E-state index in [0.29, 0.717) is 6.42 Å². The lowest BCUT2D eigenvalue weighted by molar-refractivity contribution is 0.0946. The summed E-state index contributed by atoms with van der Waals surface area (Å²) in [7, 11) is 2.92. The zero-order chi connectivity index (χ0) is 14.4. The van der Waals surface area contributed by atoms with Crippen LogP contribution in [-0.4, -0.2) is 14.9 Å². The Bertz CT molecular complexity index is 830. The van der Waals surface area contributed by atoms with Crippen LogP contribution in [0.4, 0.5) is 0 Å². The number of benzene rings is 1. The number of carbonyl (C=O) groups excluding carboxylic acids is 1. The van der Waals surface area contributed by atoms with Crippen LogP contribution in [0.5, 0.6) is 0 Å². The van der Waals surface area contributed by atoms with Crippen molar-refractivity contribution < 1.29 is 4.79 Å². The summed E-state index contributed by atoms with van der Waals surface area (Å²) in [4.78, 5) is 36.2. The maximum absolute atomic E-state index is 12.5. The Hall–Kier alpha value is -2.43. The summed E-state index contributed by atoms with van der Waals surface area (Å²) in [6.07, 6.45) is 1.99. The monoisotopic (exact) mass is 270 g/mol. The van der Waals surface area contributed by atoms with E-state index in [9.17, 15) is 14.4 Å². The molecule has 0 saturated heterocycles. The second-order valence-electron chi connectivity index (χ2n) is 5.12. The lowest BCUT2D eigenvalue weighted by atomic mass is 9.74. The molecule has 3 rings (SSSR count). The maximum atomic E-state index is 12.5. The van der Waals surface area contributed by atoms with E-state index in [2.05, 4.69) is 0 Å². The summed E-state index contributed by atoms with van der Waals surface area (Å²) in [6.45, 7) is 0. The molecule has 0 bridgehead atoms. The lowest BCUT2D eigenvalue weighted by Gasteiger charge is -2.28. The van der Waals surface area contributed by atoms with Crippen LogP contribution >= 0.6 is 0 Å². The Morgan fingerprint density at radius 1 is 1.20 bits per heavy atom. The molecule has 5 nitrogen and oxygen atoms in total. The van der Waals surface area contributed by atoms with Crippen molar-refractivity contribution in [3.8, 4) is 0 Å². The van der Waals surface area contributed by atoms with Gasteiger partial charge in [0, 0.05) is 20.3 Å². The van der Waals surface area contributed by atoms with Gasteiger partial charge in [0.15, 0.2) is 5.78 Å². The predicted octanol–water partition coefficient (Wildman–Crippen LogP) is 0.607. The Morgan fingerprint density at radius 3 is 2.60 bits per heavy atom. The minimum absolute atomic E-state index is 0.0779. The molecule has 2 aromatic rings. The first kappa shape index (κ1) is 12.6. The van der Waals surface area contributed by atoms with Crippen molar-refractivity contribution in [3.05, 3.63) is 68.0 Å². The number of nitrogens with zero attached hydrogens (tertiary/aromatic N) is 2. The number of aryl methyl sites for hydroxylation is 1. The summed E-state index contributed by atoms with van der Waals surface area (Å²) in [5, 5.41) is 0. The lowest BCUT2D eigenvalue weighted by Crippen LogP contribution is -2.41. The van der Waals surface area contributed by atoms with Gasteiger partial charge in [0.05, 0.1) is 5.92 Å². The molecule has 1 heterocycles. The molecule has 1 unspecified atom stereocenters. The van der Waals surface area contributed by atoms with Gasteiger partial charge in [-0.3, -0.25) is 14.2 Å². The standard InChI is InChI=1S/C15H14N2O3/c1-16-8-12(14(19)17(2)15(16)20)13(18)11-7-9-5-3-4-6-10(9)11/h3-6,8,11H,7H2,1-2H3. The highest BCUT2D eigenvalue weighted by molar-refractivity contribution is 6.02. The molecule has 1 aromatic carbocycles. The van der Waals surface area contributed by atoms with Gasteiger partial charge in [-0.2, -0.15) is 0 Å². The summed E-state index contributed by atoms with van der Waals surface area (Å²) < 4.78 is 2.23. The number of hydrogen-bond acceptors (Lipinski definition) is 3. The van der Waals surface area contributed by atoms with Gasteiger partial charge in [-0.05, 0) is 17.5 Å². The fourth-order valence-corrected chi connectivity index (χ4v) is 2.66. The zero-order valence-electron chi connectivity index (χ0n) is 11.3. The average Bonchev–Trinajstić information content (AvgIpc) is 2.41. The molecule has 0 amide bonds. The number of Topliss-reactive ketones (excluding diaryl/α,β-unsaturated/α-hetero) is 1. The normalized spacial score (nSPS) is 16.4. The predicted molar refractivity (Wildman–Crippen MR) is 74.1 cm³/mol. The maximum Gasteiger partial charge on any atom is 0.330 e. The van der Waals surface area contributed by atoms with Gasteiger partial charge in [0.1, 0.15) is 5.56 Å². The topological polar surface area (TPSA) is 61.1 Å². The molecular formula is C15H14N2O3. The minimum Gasteiger partial charge on any atom is -0.303 e. The first-order valence-electron chi connectivity index (χ1n) is 6.39. The van der Waals surface area contributed by atoms with Crippen LogP contribution in [0.15, 0.2) is 40.1 Å². The van der Waals surface area contributed by atoms with Gasteiger partial charge in [-0.1, -0.05) is 24.3 Å². The summed E-state index contributed by atoms with van der Waals surface area (Å²) in [6, 6.07) is 7.72. The fourth-order valence-electron chi connectivity index (χ4n) is 2.66. The van der Waals surface area contributed by atoms with Crippen molar-refractivity contribution in [2.24, 2.45) is 14.1 Å². The molecule has 0 spiro atoms. The third-order valence-corrected chi connectivity index (χ3v) is 3.88. The molecule has 102 valence electrons. The van der Waals surface area contributed by atoms with Crippen molar-refractivity contribution in [2.45, 2.75) is 12.3 Å². The number of carbonyl (C=O) groups is 1. The molecule has 0 saturated carbocycles.